The van der Waals surface area contributed by atoms with Crippen LogP contribution < -0.4 is 5.32 Å². The normalized spacial score (nSPS) is 10.0. The van der Waals surface area contributed by atoms with Gasteiger partial charge < -0.3 is 10.4 Å². The first-order chi connectivity index (χ1) is 6.43. The average Bonchev–Trinajstić information content (AvgIpc) is 2.09. The highest BCUT2D eigenvalue weighted by atomic mass is 35.5. The molecule has 0 radical (unpaired) electrons. The van der Waals surface area contributed by atoms with Crippen LogP contribution in [0.3, 0.4) is 0 Å². The second-order valence-electron chi connectivity index (χ2n) is 2.56. The van der Waals surface area contributed by atoms with Crippen LogP contribution in [0.15, 0.2) is 6.07 Å². The summed E-state index contributed by atoms with van der Waals surface area (Å²) in [7, 11) is 0. The molecule has 1 aromatic carbocycles. The van der Waals surface area contributed by atoms with Gasteiger partial charge in [0, 0.05) is 6.92 Å². The van der Waals surface area contributed by atoms with Gasteiger partial charge in [0.2, 0.25) is 5.91 Å². The van der Waals surface area contributed by atoms with Gasteiger partial charge in [-0.3, -0.25) is 4.79 Å². The first kappa shape index (κ1) is 11.4. The highest BCUT2D eigenvalue weighted by Crippen LogP contribution is 2.42. The molecule has 0 atom stereocenters. The Kier molecular flexibility index (Phi) is 3.48. The lowest BCUT2D eigenvalue weighted by molar-refractivity contribution is -0.114. The van der Waals surface area contributed by atoms with E-state index in [4.69, 9.17) is 34.8 Å². The highest BCUT2D eigenvalue weighted by Gasteiger charge is 2.14. The van der Waals surface area contributed by atoms with Gasteiger partial charge in [0.15, 0.2) is 5.75 Å². The third-order valence-electron chi connectivity index (χ3n) is 1.45. The second-order valence-corrected chi connectivity index (χ2v) is 3.75. The minimum absolute atomic E-state index is 0.0362. The van der Waals surface area contributed by atoms with Gasteiger partial charge in [0.25, 0.3) is 0 Å². The molecule has 14 heavy (non-hydrogen) atoms. The standard InChI is InChI=1S/C8H6Cl3NO2/c1-3(13)12-7-4(9)2-5(10)8(14)6(7)11/h2,14H,1H3,(H,12,13). The molecule has 0 saturated heterocycles. The zero-order valence-corrected chi connectivity index (χ0v) is 9.33. The van der Waals surface area contributed by atoms with Crippen LogP contribution in [0.25, 0.3) is 0 Å². The number of rotatable bonds is 1. The van der Waals surface area contributed by atoms with Gasteiger partial charge in [0.05, 0.1) is 15.7 Å². The molecule has 6 heteroatoms. The number of amides is 1. The van der Waals surface area contributed by atoms with Gasteiger partial charge in [-0.2, -0.15) is 0 Å². The van der Waals surface area contributed by atoms with E-state index in [1.54, 1.807) is 0 Å². The van der Waals surface area contributed by atoms with E-state index in [2.05, 4.69) is 5.32 Å². The Morgan fingerprint density at radius 3 is 2.43 bits per heavy atom. The number of phenols is 1. The smallest absolute Gasteiger partial charge is 0.221 e. The van der Waals surface area contributed by atoms with Crippen molar-refractivity contribution in [3.05, 3.63) is 21.1 Å². The quantitative estimate of drug-likeness (QED) is 0.808. The Morgan fingerprint density at radius 2 is 1.93 bits per heavy atom. The summed E-state index contributed by atoms with van der Waals surface area (Å²) in [5.41, 5.74) is 0.155. The summed E-state index contributed by atoms with van der Waals surface area (Å²) in [5, 5.41) is 11.9. The van der Waals surface area contributed by atoms with Crippen molar-refractivity contribution in [2.24, 2.45) is 0 Å². The first-order valence-electron chi connectivity index (χ1n) is 3.57. The molecule has 76 valence electrons. The molecule has 3 nitrogen and oxygen atoms in total. The zero-order valence-electron chi connectivity index (χ0n) is 7.07. The largest absolute Gasteiger partial charge is 0.505 e. The molecule has 0 bridgehead atoms. The first-order valence-corrected chi connectivity index (χ1v) is 4.71. The number of anilines is 1. The van der Waals surface area contributed by atoms with Crippen LogP contribution in [-0.4, -0.2) is 11.0 Å². The molecule has 0 aromatic heterocycles. The Hall–Kier alpha value is -0.640. The molecule has 0 fully saturated rings. The maximum Gasteiger partial charge on any atom is 0.221 e. The molecule has 0 spiro atoms. The van der Waals surface area contributed by atoms with Crippen LogP contribution in [0.4, 0.5) is 5.69 Å². The molecule has 0 aliphatic carbocycles. The number of carbonyl (C=O) groups excluding carboxylic acids is 1. The van der Waals surface area contributed by atoms with E-state index in [1.807, 2.05) is 0 Å². The molecular weight excluding hydrogens is 248 g/mol. The van der Waals surface area contributed by atoms with E-state index in [1.165, 1.54) is 13.0 Å². The van der Waals surface area contributed by atoms with Gasteiger partial charge in [-0.25, -0.2) is 0 Å². The van der Waals surface area contributed by atoms with Crippen molar-refractivity contribution in [1.29, 1.82) is 0 Å². The van der Waals surface area contributed by atoms with E-state index in [-0.39, 0.29) is 32.4 Å². The SMILES string of the molecule is CC(=O)Nc1c(Cl)cc(Cl)c(O)c1Cl. The van der Waals surface area contributed by atoms with Crippen LogP contribution in [0.1, 0.15) is 6.92 Å². The Morgan fingerprint density at radius 1 is 1.36 bits per heavy atom. The maximum absolute atomic E-state index is 10.8. The lowest BCUT2D eigenvalue weighted by Crippen LogP contribution is -2.06. The molecule has 0 unspecified atom stereocenters. The number of phenolic OH excluding ortho intramolecular Hbond substituents is 1. The number of aromatic hydroxyl groups is 1. The van der Waals surface area contributed by atoms with Gasteiger partial charge >= 0.3 is 0 Å². The minimum Gasteiger partial charge on any atom is -0.505 e. The van der Waals surface area contributed by atoms with Gasteiger partial charge in [-0.1, -0.05) is 34.8 Å². The summed E-state index contributed by atoms with van der Waals surface area (Å²) in [6, 6.07) is 1.30. The average molecular weight is 254 g/mol. The van der Waals surface area contributed by atoms with Crippen LogP contribution in [0, 0.1) is 0 Å². The van der Waals surface area contributed by atoms with Crippen molar-refractivity contribution in [2.75, 3.05) is 5.32 Å². The number of halogens is 3. The van der Waals surface area contributed by atoms with Crippen LogP contribution >= 0.6 is 34.8 Å². The molecule has 0 saturated carbocycles. The second kappa shape index (κ2) is 4.26. The van der Waals surface area contributed by atoms with E-state index in [0.717, 1.165) is 0 Å². The van der Waals surface area contributed by atoms with Crippen molar-refractivity contribution < 1.29 is 9.90 Å². The van der Waals surface area contributed by atoms with Crippen LogP contribution in [0.5, 0.6) is 5.75 Å². The molecule has 0 aliphatic heterocycles. The molecule has 1 aromatic rings. The molecule has 0 aliphatic rings. The summed E-state index contributed by atoms with van der Waals surface area (Å²) in [4.78, 5) is 10.8. The summed E-state index contributed by atoms with van der Waals surface area (Å²) in [6.07, 6.45) is 0. The minimum atomic E-state index is -0.337. The zero-order chi connectivity index (χ0) is 10.9. The number of carbonyl (C=O) groups is 1. The maximum atomic E-state index is 10.8. The summed E-state index contributed by atoms with van der Waals surface area (Å²) in [5.74, 6) is -0.642. The van der Waals surface area contributed by atoms with Crippen LogP contribution in [0.2, 0.25) is 15.1 Å². The fourth-order valence-corrected chi connectivity index (χ4v) is 1.73. The summed E-state index contributed by atoms with van der Waals surface area (Å²) < 4.78 is 0. The van der Waals surface area contributed by atoms with Crippen molar-refractivity contribution >= 4 is 46.4 Å². The van der Waals surface area contributed by atoms with E-state index < -0.39 is 0 Å². The fraction of sp³-hybridized carbons (Fsp3) is 0.125. The van der Waals surface area contributed by atoms with Crippen molar-refractivity contribution in [3.8, 4) is 5.75 Å². The number of benzene rings is 1. The van der Waals surface area contributed by atoms with Gasteiger partial charge in [-0.05, 0) is 6.07 Å². The molecule has 2 N–H and O–H groups in total. The highest BCUT2D eigenvalue weighted by molar-refractivity contribution is 6.43. The Bertz CT molecular complexity index is 393. The van der Waals surface area contributed by atoms with Crippen molar-refractivity contribution in [3.63, 3.8) is 0 Å². The van der Waals surface area contributed by atoms with Crippen molar-refractivity contribution in [1.82, 2.24) is 0 Å². The fourth-order valence-electron chi connectivity index (χ4n) is 0.870. The Labute approximate surface area is 95.6 Å². The lowest BCUT2D eigenvalue weighted by Gasteiger charge is -2.09. The number of nitrogens with one attached hydrogen (secondary N) is 1. The predicted molar refractivity (Wildman–Crippen MR) is 57.4 cm³/mol. The number of hydrogen-bond donors (Lipinski definition) is 2. The van der Waals surface area contributed by atoms with Gasteiger partial charge in [-0.15, -0.1) is 0 Å². The van der Waals surface area contributed by atoms with Gasteiger partial charge in [0.1, 0.15) is 5.02 Å². The van der Waals surface area contributed by atoms with E-state index >= 15 is 0 Å². The van der Waals surface area contributed by atoms with E-state index in [9.17, 15) is 9.90 Å². The third kappa shape index (κ3) is 2.23. The lowest BCUT2D eigenvalue weighted by atomic mass is 10.3. The molecule has 0 heterocycles. The number of hydrogen-bond acceptors (Lipinski definition) is 2. The van der Waals surface area contributed by atoms with Crippen molar-refractivity contribution in [2.45, 2.75) is 6.92 Å². The third-order valence-corrected chi connectivity index (χ3v) is 2.40. The summed E-state index contributed by atoms with van der Waals surface area (Å²) >= 11 is 17.1. The Balaban J connectivity index is 3.29. The van der Waals surface area contributed by atoms with E-state index in [0.29, 0.717) is 0 Å². The summed E-state index contributed by atoms with van der Waals surface area (Å²) in [6.45, 7) is 1.30. The predicted octanol–water partition coefficient (Wildman–Crippen LogP) is 3.31. The van der Waals surface area contributed by atoms with Crippen LogP contribution in [-0.2, 0) is 4.79 Å². The molecule has 1 amide bonds. The molecular formula is C8H6Cl3NO2. The molecule has 1 rings (SSSR count). The topological polar surface area (TPSA) is 49.3 Å². The monoisotopic (exact) mass is 253 g/mol.